The minimum absolute atomic E-state index is 0.0797. The number of esters is 1. The summed E-state index contributed by atoms with van der Waals surface area (Å²) in [6, 6.07) is 2.12. The second-order valence-electron chi connectivity index (χ2n) is 3.53. The van der Waals surface area contributed by atoms with Crippen molar-refractivity contribution in [1.82, 2.24) is 4.57 Å². The van der Waals surface area contributed by atoms with Crippen molar-refractivity contribution in [3.63, 3.8) is 0 Å². The Hall–Kier alpha value is -2.22. The van der Waals surface area contributed by atoms with Gasteiger partial charge in [-0.15, -0.1) is 0 Å². The number of pyridine rings is 1. The quantitative estimate of drug-likeness (QED) is 0.306. The normalized spacial score (nSPS) is 10.2. The fraction of sp³-hybridized carbons (Fsp3) is 0.455. The summed E-state index contributed by atoms with van der Waals surface area (Å²) in [5.41, 5.74) is -0.769. The molecule has 0 bridgehead atoms. The number of ether oxygens (including phenoxy) is 2. The van der Waals surface area contributed by atoms with Crippen LogP contribution >= 0.6 is 0 Å². The van der Waals surface area contributed by atoms with Crippen LogP contribution in [-0.2, 0) is 20.8 Å². The number of aromatic nitrogens is 1. The van der Waals surface area contributed by atoms with Crippen LogP contribution in [0.4, 0.5) is 5.69 Å². The van der Waals surface area contributed by atoms with E-state index in [0.29, 0.717) is 6.61 Å². The largest absolute Gasteiger partial charge is 0.462 e. The molecule has 0 fully saturated rings. The van der Waals surface area contributed by atoms with Crippen LogP contribution in [0.25, 0.3) is 0 Å². The third-order valence-electron chi connectivity index (χ3n) is 2.17. The Bertz CT molecular complexity index is 510. The van der Waals surface area contributed by atoms with Gasteiger partial charge in [-0.05, 0) is 6.92 Å². The summed E-state index contributed by atoms with van der Waals surface area (Å²) >= 11 is 0. The topological polar surface area (TPSA) is 101 Å². The van der Waals surface area contributed by atoms with Crippen molar-refractivity contribution in [2.45, 2.75) is 13.5 Å². The predicted octanol–water partition coefficient (Wildman–Crippen LogP) is 0.336. The van der Waals surface area contributed by atoms with E-state index < -0.39 is 16.5 Å². The van der Waals surface area contributed by atoms with Gasteiger partial charge in [0.1, 0.15) is 13.2 Å². The lowest BCUT2D eigenvalue weighted by Gasteiger charge is -2.06. The molecule has 8 heteroatoms. The molecule has 0 aromatic carbocycles. The van der Waals surface area contributed by atoms with Gasteiger partial charge < -0.3 is 9.47 Å². The summed E-state index contributed by atoms with van der Waals surface area (Å²) in [7, 11) is 0. The van der Waals surface area contributed by atoms with E-state index in [0.717, 1.165) is 22.9 Å². The molecule has 0 aliphatic rings. The molecule has 0 atom stereocenters. The van der Waals surface area contributed by atoms with Crippen molar-refractivity contribution in [3.8, 4) is 0 Å². The molecule has 0 saturated heterocycles. The molecular formula is C11H14N2O6. The van der Waals surface area contributed by atoms with Crippen LogP contribution in [0.1, 0.15) is 6.92 Å². The average Bonchev–Trinajstić information content (AvgIpc) is 2.37. The van der Waals surface area contributed by atoms with Gasteiger partial charge >= 0.3 is 5.97 Å². The van der Waals surface area contributed by atoms with Crippen molar-refractivity contribution < 1.29 is 19.2 Å². The molecule has 1 rings (SSSR count). The van der Waals surface area contributed by atoms with E-state index in [1.165, 1.54) is 0 Å². The molecule has 0 unspecified atom stereocenters. The Morgan fingerprint density at radius 1 is 1.42 bits per heavy atom. The molecular weight excluding hydrogens is 256 g/mol. The molecule has 1 aromatic rings. The molecule has 8 nitrogen and oxygen atoms in total. The Balaban J connectivity index is 2.61. The van der Waals surface area contributed by atoms with Gasteiger partial charge in [-0.25, -0.2) is 0 Å². The summed E-state index contributed by atoms with van der Waals surface area (Å²) in [4.78, 5) is 32.7. The van der Waals surface area contributed by atoms with Crippen LogP contribution in [0.5, 0.6) is 0 Å². The van der Waals surface area contributed by atoms with E-state index in [4.69, 9.17) is 9.47 Å². The zero-order valence-electron chi connectivity index (χ0n) is 10.4. The van der Waals surface area contributed by atoms with Gasteiger partial charge in [-0.1, -0.05) is 0 Å². The first-order valence-corrected chi connectivity index (χ1v) is 5.63. The summed E-state index contributed by atoms with van der Waals surface area (Å²) in [6.07, 6.45) is 1.01. The van der Waals surface area contributed by atoms with Crippen molar-refractivity contribution in [3.05, 3.63) is 38.8 Å². The Kier molecular flexibility index (Phi) is 5.68. The van der Waals surface area contributed by atoms with Crippen molar-refractivity contribution in [1.29, 1.82) is 0 Å². The van der Waals surface area contributed by atoms with Crippen LogP contribution in [-0.4, -0.2) is 35.3 Å². The van der Waals surface area contributed by atoms with Gasteiger partial charge in [0.25, 0.3) is 11.2 Å². The second kappa shape index (κ2) is 7.27. The molecule has 0 saturated carbocycles. The third-order valence-corrected chi connectivity index (χ3v) is 2.17. The molecule has 0 aliphatic heterocycles. The Labute approximate surface area is 108 Å². The number of hydrogen-bond donors (Lipinski definition) is 0. The lowest BCUT2D eigenvalue weighted by atomic mass is 10.4. The third kappa shape index (κ3) is 4.88. The van der Waals surface area contributed by atoms with E-state index in [9.17, 15) is 19.7 Å². The van der Waals surface area contributed by atoms with Gasteiger partial charge in [0.05, 0.1) is 17.7 Å². The van der Waals surface area contributed by atoms with E-state index in [1.54, 1.807) is 0 Å². The highest BCUT2D eigenvalue weighted by molar-refractivity contribution is 5.69. The SMILES string of the molecule is CCOCCOC(=O)Cn1cc([N+](=O)[O-])ccc1=O. The fourth-order valence-electron chi connectivity index (χ4n) is 1.29. The lowest BCUT2D eigenvalue weighted by molar-refractivity contribution is -0.385. The fourth-order valence-corrected chi connectivity index (χ4v) is 1.29. The van der Waals surface area contributed by atoms with Crippen molar-refractivity contribution in [2.24, 2.45) is 0 Å². The molecule has 0 aliphatic carbocycles. The summed E-state index contributed by atoms with van der Waals surface area (Å²) in [5, 5.41) is 10.6. The number of rotatable bonds is 7. The van der Waals surface area contributed by atoms with Crippen LogP contribution < -0.4 is 5.56 Å². The van der Waals surface area contributed by atoms with Crippen LogP contribution in [0, 0.1) is 10.1 Å². The Morgan fingerprint density at radius 3 is 2.79 bits per heavy atom. The molecule has 0 spiro atoms. The van der Waals surface area contributed by atoms with Crippen molar-refractivity contribution >= 4 is 11.7 Å². The molecule has 1 heterocycles. The van der Waals surface area contributed by atoms with Crippen LogP contribution in [0.2, 0.25) is 0 Å². The van der Waals surface area contributed by atoms with E-state index in [2.05, 4.69) is 0 Å². The smallest absolute Gasteiger partial charge is 0.326 e. The molecule has 0 radical (unpaired) electrons. The predicted molar refractivity (Wildman–Crippen MR) is 64.8 cm³/mol. The highest BCUT2D eigenvalue weighted by atomic mass is 16.6. The minimum atomic E-state index is -0.651. The molecule has 0 N–H and O–H groups in total. The first-order valence-electron chi connectivity index (χ1n) is 5.63. The number of nitrogens with zero attached hydrogens (tertiary/aromatic N) is 2. The first-order chi connectivity index (χ1) is 9.04. The number of nitro groups is 1. The standard InChI is InChI=1S/C11H14N2O6/c1-2-18-5-6-19-11(15)8-12-7-9(13(16)17)3-4-10(12)14/h3-4,7H,2,5-6,8H2,1H3. The van der Waals surface area contributed by atoms with Crippen LogP contribution in [0.15, 0.2) is 23.1 Å². The minimum Gasteiger partial charge on any atom is -0.462 e. The number of carbonyl (C=O) groups excluding carboxylic acids is 1. The highest BCUT2D eigenvalue weighted by Gasteiger charge is 2.11. The molecule has 104 valence electrons. The Morgan fingerprint density at radius 2 is 2.16 bits per heavy atom. The van der Waals surface area contributed by atoms with Crippen molar-refractivity contribution in [2.75, 3.05) is 19.8 Å². The van der Waals surface area contributed by atoms with Gasteiger partial charge in [0.2, 0.25) is 0 Å². The second-order valence-corrected chi connectivity index (χ2v) is 3.53. The van der Waals surface area contributed by atoms with Gasteiger partial charge in [-0.2, -0.15) is 0 Å². The summed E-state index contributed by atoms with van der Waals surface area (Å²) < 4.78 is 10.7. The zero-order valence-corrected chi connectivity index (χ0v) is 10.4. The van der Waals surface area contributed by atoms with E-state index >= 15 is 0 Å². The maximum Gasteiger partial charge on any atom is 0.326 e. The van der Waals surface area contributed by atoms with Gasteiger partial charge in [-0.3, -0.25) is 24.3 Å². The average molecular weight is 270 g/mol. The number of hydrogen-bond acceptors (Lipinski definition) is 6. The summed E-state index contributed by atoms with van der Waals surface area (Å²) in [6.45, 7) is 2.31. The van der Waals surface area contributed by atoms with Crippen LogP contribution in [0.3, 0.4) is 0 Å². The van der Waals surface area contributed by atoms with E-state index in [-0.39, 0.29) is 25.4 Å². The zero-order chi connectivity index (χ0) is 14.3. The molecule has 0 amide bonds. The van der Waals surface area contributed by atoms with Gasteiger partial charge in [0, 0.05) is 18.7 Å². The maximum atomic E-state index is 11.4. The van der Waals surface area contributed by atoms with Gasteiger partial charge in [0.15, 0.2) is 0 Å². The monoisotopic (exact) mass is 270 g/mol. The highest BCUT2D eigenvalue weighted by Crippen LogP contribution is 2.06. The molecule has 19 heavy (non-hydrogen) atoms. The maximum absolute atomic E-state index is 11.4. The summed E-state index contributed by atoms with van der Waals surface area (Å²) in [5.74, 6) is -0.651. The lowest BCUT2D eigenvalue weighted by Crippen LogP contribution is -2.25. The number of carbonyl (C=O) groups is 1. The molecule has 1 aromatic heterocycles. The van der Waals surface area contributed by atoms with E-state index in [1.807, 2.05) is 6.92 Å². The first kappa shape index (κ1) is 14.8.